The molecule has 158 valence electrons. The Morgan fingerprint density at radius 1 is 1.27 bits per heavy atom. The second-order valence-corrected chi connectivity index (χ2v) is 7.01. The second-order valence-electron chi connectivity index (χ2n) is 7.01. The Labute approximate surface area is 173 Å². The Morgan fingerprint density at radius 3 is 2.63 bits per heavy atom. The van der Waals surface area contributed by atoms with Crippen molar-refractivity contribution in [3.8, 4) is 0 Å². The highest BCUT2D eigenvalue weighted by Gasteiger charge is 2.40. The summed E-state index contributed by atoms with van der Waals surface area (Å²) >= 11 is 0. The van der Waals surface area contributed by atoms with Crippen molar-refractivity contribution in [3.63, 3.8) is 0 Å². The molecule has 1 fully saturated rings. The molecule has 0 spiro atoms. The third-order valence-electron chi connectivity index (χ3n) is 4.95. The molecule has 2 aliphatic rings. The molecule has 2 unspecified atom stereocenters. The predicted octanol–water partition coefficient (Wildman–Crippen LogP) is 1.62. The van der Waals surface area contributed by atoms with Gasteiger partial charge in [0.05, 0.1) is 0 Å². The molecule has 2 heterocycles. The molecule has 0 radical (unpaired) electrons. The van der Waals surface area contributed by atoms with Gasteiger partial charge < -0.3 is 15.2 Å². The number of rotatable bonds is 6. The van der Waals surface area contributed by atoms with Crippen LogP contribution in [0.3, 0.4) is 0 Å². The van der Waals surface area contributed by atoms with Crippen LogP contribution in [0.4, 0.5) is 4.79 Å². The van der Waals surface area contributed by atoms with Crippen molar-refractivity contribution in [3.05, 3.63) is 60.3 Å². The third kappa shape index (κ3) is 4.68. The number of nitrogens with zero attached hydrogens (tertiary/aromatic N) is 2. The zero-order valence-electron chi connectivity index (χ0n) is 16.4. The summed E-state index contributed by atoms with van der Waals surface area (Å²) in [6, 6.07) is 6.99. The number of hydrogen-bond donors (Lipinski definition) is 2. The van der Waals surface area contributed by atoms with Gasteiger partial charge in [0.2, 0.25) is 5.91 Å². The first kappa shape index (κ1) is 21.1. The van der Waals surface area contributed by atoms with Gasteiger partial charge in [0.15, 0.2) is 0 Å². The van der Waals surface area contributed by atoms with Gasteiger partial charge in [-0.1, -0.05) is 36.4 Å². The molecular formula is C21H23N3O6. The Hall–Kier alpha value is -3.62. The van der Waals surface area contributed by atoms with E-state index >= 15 is 0 Å². The molecular weight excluding hydrogens is 390 g/mol. The van der Waals surface area contributed by atoms with E-state index in [9.17, 15) is 24.3 Å². The molecule has 30 heavy (non-hydrogen) atoms. The number of ether oxygens (including phenoxy) is 1. The Bertz CT molecular complexity index is 882. The fourth-order valence-electron chi connectivity index (χ4n) is 3.30. The number of carbonyl (C=O) groups is 4. The van der Waals surface area contributed by atoms with Crippen LogP contribution in [0.15, 0.2) is 54.8 Å². The van der Waals surface area contributed by atoms with Crippen LogP contribution < -0.4 is 5.32 Å². The number of hydrogen-bond acceptors (Lipinski definition) is 5. The Kier molecular flexibility index (Phi) is 6.51. The monoisotopic (exact) mass is 413 g/mol. The fraction of sp³-hybridized carbons (Fsp3) is 0.333. The largest absolute Gasteiger partial charge is 0.480 e. The van der Waals surface area contributed by atoms with E-state index in [1.807, 2.05) is 6.07 Å². The number of benzene rings is 1. The van der Waals surface area contributed by atoms with E-state index in [-0.39, 0.29) is 18.9 Å². The normalized spacial score (nSPS) is 21.1. The highest BCUT2D eigenvalue weighted by molar-refractivity contribution is 5.92. The Balaban J connectivity index is 1.81. The van der Waals surface area contributed by atoms with Crippen LogP contribution in [0, 0.1) is 0 Å². The maximum Gasteiger partial charge on any atom is 0.412 e. The third-order valence-corrected chi connectivity index (χ3v) is 4.95. The van der Waals surface area contributed by atoms with Gasteiger partial charge in [-0.05, 0) is 31.1 Å². The molecule has 3 rings (SSSR count). The van der Waals surface area contributed by atoms with Crippen molar-refractivity contribution in [2.24, 2.45) is 0 Å². The van der Waals surface area contributed by atoms with Crippen LogP contribution in [0.5, 0.6) is 0 Å². The average Bonchev–Trinajstić information content (AvgIpc) is 3.19. The van der Waals surface area contributed by atoms with Crippen molar-refractivity contribution >= 4 is 23.9 Å². The highest BCUT2D eigenvalue weighted by atomic mass is 16.6. The van der Waals surface area contributed by atoms with Crippen molar-refractivity contribution in [1.82, 2.24) is 15.1 Å². The van der Waals surface area contributed by atoms with Gasteiger partial charge in [-0.15, -0.1) is 0 Å². The van der Waals surface area contributed by atoms with E-state index in [1.165, 1.54) is 24.1 Å². The van der Waals surface area contributed by atoms with E-state index in [2.05, 4.69) is 5.32 Å². The van der Waals surface area contributed by atoms with Crippen molar-refractivity contribution < 1.29 is 29.0 Å². The number of carboxylic acids is 1. The second kappa shape index (κ2) is 9.25. The lowest BCUT2D eigenvalue weighted by molar-refractivity contribution is -0.146. The number of aliphatic carboxylic acids is 1. The molecule has 0 bridgehead atoms. The van der Waals surface area contributed by atoms with Crippen LogP contribution in [-0.2, 0) is 25.7 Å². The molecule has 1 aromatic carbocycles. The van der Waals surface area contributed by atoms with Gasteiger partial charge in [0.1, 0.15) is 24.9 Å². The zero-order valence-corrected chi connectivity index (χ0v) is 16.4. The summed E-state index contributed by atoms with van der Waals surface area (Å²) in [6.45, 7) is 1.31. The summed E-state index contributed by atoms with van der Waals surface area (Å²) in [5, 5.41) is 12.1. The minimum atomic E-state index is -1.26. The van der Waals surface area contributed by atoms with Gasteiger partial charge in [-0.25, -0.2) is 9.59 Å². The van der Waals surface area contributed by atoms with E-state index in [0.29, 0.717) is 6.42 Å². The number of amides is 3. The smallest absolute Gasteiger partial charge is 0.412 e. The van der Waals surface area contributed by atoms with Crippen molar-refractivity contribution in [2.45, 2.75) is 44.6 Å². The SMILES string of the molecule is CC(C(=O)O)N(C(=O)OCc1ccccc1)C1C=CC=CN1C(=O)[C@@H]1CCC(=O)N1. The molecule has 2 aliphatic heterocycles. The lowest BCUT2D eigenvalue weighted by atomic mass is 10.1. The molecule has 0 aromatic heterocycles. The Morgan fingerprint density at radius 2 is 2.00 bits per heavy atom. The van der Waals surface area contributed by atoms with Crippen molar-refractivity contribution in [1.29, 1.82) is 0 Å². The van der Waals surface area contributed by atoms with Gasteiger partial charge in [-0.2, -0.15) is 0 Å². The molecule has 1 saturated heterocycles. The van der Waals surface area contributed by atoms with E-state index in [1.54, 1.807) is 36.4 Å². The lowest BCUT2D eigenvalue weighted by Crippen LogP contribution is -2.58. The molecule has 3 atom stereocenters. The number of nitrogens with one attached hydrogen (secondary N) is 1. The standard InChI is InChI=1S/C21H23N3O6/c1-14(20(27)28)24(21(29)30-13-15-7-3-2-4-8-15)18-9-5-6-12-23(18)19(26)16-10-11-17(25)22-16/h2-9,12,14,16,18H,10-11,13H2,1H3,(H,22,25)(H,27,28)/t14?,16-,18?/m0/s1. The summed E-state index contributed by atoms with van der Waals surface area (Å²) in [5.74, 6) is -1.89. The van der Waals surface area contributed by atoms with Crippen LogP contribution in [-0.4, -0.2) is 57.0 Å². The van der Waals surface area contributed by atoms with Crippen LogP contribution in [0.2, 0.25) is 0 Å². The summed E-state index contributed by atoms with van der Waals surface area (Å²) in [7, 11) is 0. The summed E-state index contributed by atoms with van der Waals surface area (Å²) in [5.41, 5.74) is 0.745. The zero-order chi connectivity index (χ0) is 21.7. The van der Waals surface area contributed by atoms with Crippen LogP contribution >= 0.6 is 0 Å². The lowest BCUT2D eigenvalue weighted by Gasteiger charge is -2.39. The maximum absolute atomic E-state index is 13.0. The van der Waals surface area contributed by atoms with E-state index < -0.39 is 36.2 Å². The highest BCUT2D eigenvalue weighted by Crippen LogP contribution is 2.21. The van der Waals surface area contributed by atoms with Gasteiger partial charge >= 0.3 is 12.1 Å². The summed E-state index contributed by atoms with van der Waals surface area (Å²) < 4.78 is 5.34. The molecule has 0 saturated carbocycles. The van der Waals surface area contributed by atoms with Crippen molar-refractivity contribution in [2.75, 3.05) is 0 Å². The molecule has 9 nitrogen and oxygen atoms in total. The number of carboxylic acid groups (broad SMARTS) is 1. The molecule has 0 aliphatic carbocycles. The molecule has 9 heteroatoms. The average molecular weight is 413 g/mol. The quantitative estimate of drug-likeness (QED) is 0.732. The predicted molar refractivity (Wildman–Crippen MR) is 106 cm³/mol. The van der Waals surface area contributed by atoms with Crippen LogP contribution in [0.25, 0.3) is 0 Å². The summed E-state index contributed by atoms with van der Waals surface area (Å²) in [6.07, 6.45) is 4.93. The minimum absolute atomic E-state index is 0.0403. The first-order valence-electron chi connectivity index (χ1n) is 9.57. The fourth-order valence-corrected chi connectivity index (χ4v) is 3.30. The first-order valence-corrected chi connectivity index (χ1v) is 9.57. The molecule has 2 N–H and O–H groups in total. The number of allylic oxidation sites excluding steroid dienone is 2. The van der Waals surface area contributed by atoms with E-state index in [0.717, 1.165) is 10.5 Å². The van der Waals surface area contributed by atoms with E-state index in [4.69, 9.17) is 4.74 Å². The molecule has 1 aromatic rings. The van der Waals surface area contributed by atoms with Crippen LogP contribution in [0.1, 0.15) is 25.3 Å². The maximum atomic E-state index is 13.0. The topological polar surface area (TPSA) is 116 Å². The summed E-state index contributed by atoms with van der Waals surface area (Å²) in [4.78, 5) is 51.3. The first-order chi connectivity index (χ1) is 14.4. The van der Waals surface area contributed by atoms with Gasteiger partial charge in [-0.3, -0.25) is 19.4 Å². The minimum Gasteiger partial charge on any atom is -0.480 e. The molecule has 3 amide bonds. The number of carbonyl (C=O) groups excluding carboxylic acids is 3. The van der Waals surface area contributed by atoms with Gasteiger partial charge in [0.25, 0.3) is 5.91 Å². The van der Waals surface area contributed by atoms with Gasteiger partial charge in [0, 0.05) is 12.6 Å².